The molecule has 0 aliphatic carbocycles. The smallest absolute Gasteiger partial charge is 0.259 e. The van der Waals surface area contributed by atoms with Crippen LogP contribution in [0.5, 0.6) is 0 Å². The van der Waals surface area contributed by atoms with Gasteiger partial charge in [-0.3, -0.25) is 9.59 Å². The number of halogens is 2. The zero-order chi connectivity index (χ0) is 19.8. The zero-order valence-electron chi connectivity index (χ0n) is 14.9. The van der Waals surface area contributed by atoms with E-state index < -0.39 is 11.7 Å². The van der Waals surface area contributed by atoms with Crippen LogP contribution in [0.2, 0.25) is 5.02 Å². The average molecular weight is 399 g/mol. The lowest BCUT2D eigenvalue weighted by Crippen LogP contribution is -2.20. The van der Waals surface area contributed by atoms with Gasteiger partial charge >= 0.3 is 0 Å². The summed E-state index contributed by atoms with van der Waals surface area (Å²) in [6.45, 7) is 1.74. The molecule has 1 aliphatic heterocycles. The van der Waals surface area contributed by atoms with Crippen molar-refractivity contribution in [3.8, 4) is 5.69 Å². The SMILES string of the molecule is Cc1c(C(=O)Nc2cc3c(cc2F)CCC(=O)N3)cnn1-c1cccc(Cl)c1. The predicted molar refractivity (Wildman–Crippen MR) is 105 cm³/mol. The third-order valence-electron chi connectivity index (χ3n) is 4.64. The Morgan fingerprint density at radius 1 is 1.29 bits per heavy atom. The molecule has 0 saturated carbocycles. The number of rotatable bonds is 3. The fourth-order valence-electron chi connectivity index (χ4n) is 3.18. The Kier molecular flexibility index (Phi) is 4.60. The number of aromatic nitrogens is 2. The molecule has 4 rings (SSSR count). The molecule has 0 radical (unpaired) electrons. The maximum Gasteiger partial charge on any atom is 0.259 e. The minimum absolute atomic E-state index is 0.000792. The van der Waals surface area contributed by atoms with Crippen LogP contribution in [0.4, 0.5) is 15.8 Å². The van der Waals surface area contributed by atoms with Crippen LogP contribution in [-0.2, 0) is 11.2 Å². The van der Waals surface area contributed by atoms with Crippen molar-refractivity contribution in [1.82, 2.24) is 9.78 Å². The first-order valence-electron chi connectivity index (χ1n) is 8.66. The van der Waals surface area contributed by atoms with Crippen molar-refractivity contribution in [1.29, 1.82) is 0 Å². The number of nitrogens with one attached hydrogen (secondary N) is 2. The monoisotopic (exact) mass is 398 g/mol. The van der Waals surface area contributed by atoms with Crippen LogP contribution in [0.3, 0.4) is 0 Å². The number of amides is 2. The summed E-state index contributed by atoms with van der Waals surface area (Å²) >= 11 is 6.02. The van der Waals surface area contributed by atoms with E-state index in [1.165, 1.54) is 18.3 Å². The van der Waals surface area contributed by atoms with E-state index in [1.54, 1.807) is 29.8 Å². The van der Waals surface area contributed by atoms with Crippen LogP contribution < -0.4 is 10.6 Å². The number of hydrogen-bond donors (Lipinski definition) is 2. The number of carbonyl (C=O) groups excluding carboxylic acids is 2. The fourth-order valence-corrected chi connectivity index (χ4v) is 3.37. The summed E-state index contributed by atoms with van der Waals surface area (Å²) in [5.74, 6) is -1.18. The molecule has 2 N–H and O–H groups in total. The lowest BCUT2D eigenvalue weighted by molar-refractivity contribution is -0.116. The highest BCUT2D eigenvalue weighted by Gasteiger charge is 2.20. The molecule has 6 nitrogen and oxygen atoms in total. The van der Waals surface area contributed by atoms with E-state index in [1.807, 2.05) is 6.07 Å². The van der Waals surface area contributed by atoms with Crippen LogP contribution in [-0.4, -0.2) is 21.6 Å². The van der Waals surface area contributed by atoms with Crippen LogP contribution in [0, 0.1) is 12.7 Å². The average Bonchev–Trinajstić information content (AvgIpc) is 3.04. The summed E-state index contributed by atoms with van der Waals surface area (Å²) in [4.78, 5) is 24.2. The highest BCUT2D eigenvalue weighted by Crippen LogP contribution is 2.29. The van der Waals surface area contributed by atoms with Gasteiger partial charge in [0.1, 0.15) is 5.82 Å². The Morgan fingerprint density at radius 3 is 2.89 bits per heavy atom. The summed E-state index contributed by atoms with van der Waals surface area (Å²) < 4.78 is 16.0. The molecule has 0 atom stereocenters. The summed E-state index contributed by atoms with van der Waals surface area (Å²) in [7, 11) is 0. The minimum atomic E-state index is -0.553. The second kappa shape index (κ2) is 7.09. The van der Waals surface area contributed by atoms with Gasteiger partial charge in [0.25, 0.3) is 5.91 Å². The van der Waals surface area contributed by atoms with Gasteiger partial charge in [-0.2, -0.15) is 5.10 Å². The van der Waals surface area contributed by atoms with E-state index in [4.69, 9.17) is 11.6 Å². The van der Waals surface area contributed by atoms with E-state index in [-0.39, 0.29) is 11.6 Å². The summed E-state index contributed by atoms with van der Waals surface area (Å²) in [6, 6.07) is 9.86. The van der Waals surface area contributed by atoms with Crippen molar-refractivity contribution >= 4 is 34.8 Å². The molecule has 0 spiro atoms. The second-order valence-electron chi connectivity index (χ2n) is 6.53. The van der Waals surface area contributed by atoms with Crippen LogP contribution >= 0.6 is 11.6 Å². The molecule has 2 amide bonds. The number of carbonyl (C=O) groups is 2. The van der Waals surface area contributed by atoms with Gasteiger partial charge in [-0.15, -0.1) is 0 Å². The number of benzene rings is 2. The zero-order valence-corrected chi connectivity index (χ0v) is 15.7. The maximum absolute atomic E-state index is 14.4. The quantitative estimate of drug-likeness (QED) is 0.697. The van der Waals surface area contributed by atoms with Gasteiger partial charge in [0.05, 0.1) is 28.8 Å². The Balaban J connectivity index is 1.61. The Hall–Kier alpha value is -3.19. The first-order valence-corrected chi connectivity index (χ1v) is 9.04. The van der Waals surface area contributed by atoms with Crippen molar-refractivity contribution in [3.05, 3.63) is 70.3 Å². The molecule has 0 saturated heterocycles. The molecule has 0 fully saturated rings. The second-order valence-corrected chi connectivity index (χ2v) is 6.96. The lowest BCUT2D eigenvalue weighted by Gasteiger charge is -2.18. The largest absolute Gasteiger partial charge is 0.326 e. The predicted octanol–water partition coefficient (Wildman–Crippen LogP) is 4.11. The number of anilines is 2. The Morgan fingerprint density at radius 2 is 2.11 bits per heavy atom. The highest BCUT2D eigenvalue weighted by atomic mass is 35.5. The normalized spacial score (nSPS) is 13.0. The molecule has 142 valence electrons. The van der Waals surface area contributed by atoms with Crippen molar-refractivity contribution in [2.75, 3.05) is 10.6 Å². The standard InChI is InChI=1S/C20H16ClFN4O2/c1-11-15(10-23-26(11)14-4-2-3-13(21)8-14)20(28)25-18-9-17-12(7-16(18)22)5-6-19(27)24-17/h2-4,7-10H,5-6H2,1H3,(H,24,27)(H,25,28). The molecule has 28 heavy (non-hydrogen) atoms. The van der Waals surface area contributed by atoms with Gasteiger partial charge in [-0.1, -0.05) is 17.7 Å². The van der Waals surface area contributed by atoms with Crippen molar-refractivity contribution in [2.24, 2.45) is 0 Å². The van der Waals surface area contributed by atoms with E-state index in [0.29, 0.717) is 46.1 Å². The van der Waals surface area contributed by atoms with Crippen molar-refractivity contribution < 1.29 is 14.0 Å². The number of fused-ring (bicyclic) bond motifs is 1. The maximum atomic E-state index is 14.4. The number of nitrogens with zero attached hydrogens (tertiary/aromatic N) is 2. The Bertz CT molecular complexity index is 1110. The van der Waals surface area contributed by atoms with E-state index >= 15 is 0 Å². The van der Waals surface area contributed by atoms with Gasteiger partial charge in [-0.25, -0.2) is 9.07 Å². The molecular formula is C20H16ClFN4O2. The van der Waals surface area contributed by atoms with Crippen molar-refractivity contribution in [3.63, 3.8) is 0 Å². The van der Waals surface area contributed by atoms with Gasteiger partial charge in [0.2, 0.25) is 5.91 Å². The number of hydrogen-bond acceptors (Lipinski definition) is 3. The van der Waals surface area contributed by atoms with E-state index in [0.717, 1.165) is 0 Å². The van der Waals surface area contributed by atoms with Crippen molar-refractivity contribution in [2.45, 2.75) is 19.8 Å². The Labute approximate surface area is 165 Å². The molecular weight excluding hydrogens is 383 g/mol. The minimum Gasteiger partial charge on any atom is -0.326 e. The number of aryl methyl sites for hydroxylation is 1. The molecule has 0 bridgehead atoms. The van der Waals surface area contributed by atoms with Gasteiger partial charge in [0.15, 0.2) is 0 Å². The molecule has 0 unspecified atom stereocenters. The fraction of sp³-hybridized carbons (Fsp3) is 0.150. The van der Waals surface area contributed by atoms with E-state index in [2.05, 4.69) is 15.7 Å². The van der Waals surface area contributed by atoms with Crippen LogP contribution in [0.1, 0.15) is 28.0 Å². The third-order valence-corrected chi connectivity index (χ3v) is 4.88. The highest BCUT2D eigenvalue weighted by molar-refractivity contribution is 6.30. The molecule has 8 heteroatoms. The third kappa shape index (κ3) is 3.36. The van der Waals surface area contributed by atoms with E-state index in [9.17, 15) is 14.0 Å². The topological polar surface area (TPSA) is 76.0 Å². The molecule has 2 aromatic carbocycles. The van der Waals surface area contributed by atoms with Gasteiger partial charge in [-0.05, 0) is 49.2 Å². The first-order chi connectivity index (χ1) is 13.4. The van der Waals surface area contributed by atoms with Crippen LogP contribution in [0.25, 0.3) is 5.69 Å². The lowest BCUT2D eigenvalue weighted by atomic mass is 10.0. The van der Waals surface area contributed by atoms with Gasteiger partial charge < -0.3 is 10.6 Å². The first kappa shape index (κ1) is 18.2. The van der Waals surface area contributed by atoms with Gasteiger partial charge in [0, 0.05) is 17.1 Å². The molecule has 2 heterocycles. The van der Waals surface area contributed by atoms with Crippen LogP contribution in [0.15, 0.2) is 42.6 Å². The molecule has 1 aliphatic rings. The molecule has 3 aromatic rings. The summed E-state index contributed by atoms with van der Waals surface area (Å²) in [5, 5.41) is 10.1. The molecule has 1 aromatic heterocycles. The summed E-state index contributed by atoms with van der Waals surface area (Å²) in [5.41, 5.74) is 2.83. The summed E-state index contributed by atoms with van der Waals surface area (Å²) in [6.07, 6.45) is 2.21.